The summed E-state index contributed by atoms with van der Waals surface area (Å²) in [5.74, 6) is -2.40. The summed E-state index contributed by atoms with van der Waals surface area (Å²) in [4.78, 5) is 12.8. The zero-order valence-electron chi connectivity index (χ0n) is 23.5. The Bertz CT molecular complexity index is 1300. The predicted molar refractivity (Wildman–Crippen MR) is 147 cm³/mol. The molecule has 15 heteroatoms. The first kappa shape index (κ1) is 33.4. The van der Waals surface area contributed by atoms with E-state index < -0.39 is 79.7 Å². The van der Waals surface area contributed by atoms with Crippen molar-refractivity contribution in [2.24, 2.45) is 0 Å². The average molecular weight is 625 g/mol. The number of esters is 1. The first-order valence-electron chi connectivity index (χ1n) is 13.7. The first-order chi connectivity index (χ1) is 20.9. The van der Waals surface area contributed by atoms with Crippen molar-refractivity contribution in [3.63, 3.8) is 0 Å². The maximum Gasteiger partial charge on any atom is 0.331 e. The Hall–Kier alpha value is -3.51. The zero-order valence-corrected chi connectivity index (χ0v) is 23.5. The molecule has 10 atom stereocenters. The van der Waals surface area contributed by atoms with Crippen molar-refractivity contribution in [2.75, 3.05) is 13.2 Å². The van der Waals surface area contributed by atoms with Crippen LogP contribution in [0.5, 0.6) is 23.0 Å². The van der Waals surface area contributed by atoms with Crippen molar-refractivity contribution >= 4 is 12.0 Å². The van der Waals surface area contributed by atoms with Crippen LogP contribution in [-0.4, -0.2) is 127 Å². The van der Waals surface area contributed by atoms with Crippen LogP contribution in [0.1, 0.15) is 18.1 Å². The molecule has 2 heterocycles. The second-order valence-electron chi connectivity index (χ2n) is 10.4. The highest BCUT2D eigenvalue weighted by atomic mass is 16.7. The number of aliphatic hydroxyl groups excluding tert-OH is 5. The van der Waals surface area contributed by atoms with Gasteiger partial charge in [-0.3, -0.25) is 0 Å². The molecule has 242 valence electrons. The molecule has 2 aliphatic heterocycles. The molecule has 9 N–H and O–H groups in total. The van der Waals surface area contributed by atoms with Gasteiger partial charge in [-0.05, 0) is 54.8 Å². The standard InChI is InChI=1S/C29H36O15/c1-13-22(36)23(37)24(38)29(41-13)44-27-25(39)28(40-9-8-15-3-6-17(32)19(34)11-15)42-20(12-30)26(27)43-21(35)7-4-14-2-5-16(31)18(33)10-14/h2-7,10-11,13,20,22-34,36-39H,8-9,12H2,1H3/b7-4-/t13-,20-,22-,23+,24+,25+,26+,27-,28-,29-/m1/s1. The number of carbonyl (C=O) groups excluding carboxylic acids is 1. The van der Waals surface area contributed by atoms with Crippen LogP contribution in [0.25, 0.3) is 6.08 Å². The van der Waals surface area contributed by atoms with Crippen LogP contribution < -0.4 is 0 Å². The fourth-order valence-corrected chi connectivity index (χ4v) is 4.76. The third-order valence-corrected chi connectivity index (χ3v) is 7.27. The topological polar surface area (TPSA) is 245 Å². The lowest BCUT2D eigenvalue weighted by atomic mass is 9.97. The molecule has 0 aromatic heterocycles. The molecule has 0 aliphatic carbocycles. The Morgan fingerprint density at radius 1 is 0.818 bits per heavy atom. The molecular weight excluding hydrogens is 588 g/mol. The van der Waals surface area contributed by atoms with Gasteiger partial charge in [-0.2, -0.15) is 0 Å². The smallest absolute Gasteiger partial charge is 0.331 e. The fraction of sp³-hybridized carbons (Fsp3) is 0.483. The molecule has 2 aromatic carbocycles. The lowest BCUT2D eigenvalue weighted by molar-refractivity contribution is -0.357. The lowest BCUT2D eigenvalue weighted by Crippen LogP contribution is -2.65. The van der Waals surface area contributed by atoms with Gasteiger partial charge in [0.05, 0.1) is 19.3 Å². The first-order valence-corrected chi connectivity index (χ1v) is 13.7. The molecule has 15 nitrogen and oxygen atoms in total. The van der Waals surface area contributed by atoms with E-state index in [4.69, 9.17) is 23.7 Å². The number of phenolic OH excluding ortho intramolecular Hbond substituents is 4. The Kier molecular flexibility index (Phi) is 11.0. The van der Waals surface area contributed by atoms with Gasteiger partial charge in [0, 0.05) is 6.08 Å². The fourth-order valence-electron chi connectivity index (χ4n) is 4.76. The maximum atomic E-state index is 12.8. The van der Waals surface area contributed by atoms with Gasteiger partial charge in [0.25, 0.3) is 0 Å². The summed E-state index contributed by atoms with van der Waals surface area (Å²) < 4.78 is 28.2. The van der Waals surface area contributed by atoms with Crippen LogP contribution in [0.4, 0.5) is 0 Å². The molecule has 0 saturated carbocycles. The highest BCUT2D eigenvalue weighted by Crippen LogP contribution is 2.32. The minimum atomic E-state index is -1.77. The molecule has 2 aromatic rings. The lowest BCUT2D eigenvalue weighted by Gasteiger charge is -2.46. The Morgan fingerprint density at radius 2 is 1.50 bits per heavy atom. The van der Waals surface area contributed by atoms with E-state index in [2.05, 4.69) is 0 Å². The molecular formula is C29H36O15. The summed E-state index contributed by atoms with van der Waals surface area (Å²) in [6.07, 6.45) is -12.6. The summed E-state index contributed by atoms with van der Waals surface area (Å²) in [7, 11) is 0. The van der Waals surface area contributed by atoms with E-state index in [-0.39, 0.29) is 30.3 Å². The van der Waals surface area contributed by atoms with E-state index in [1.54, 1.807) is 6.07 Å². The van der Waals surface area contributed by atoms with Gasteiger partial charge in [0.15, 0.2) is 41.7 Å². The number of aromatic hydroxyl groups is 4. The van der Waals surface area contributed by atoms with Crippen LogP contribution in [0.2, 0.25) is 0 Å². The molecule has 0 radical (unpaired) electrons. The van der Waals surface area contributed by atoms with Crippen LogP contribution in [0.15, 0.2) is 42.5 Å². The summed E-state index contributed by atoms with van der Waals surface area (Å²) in [5.41, 5.74) is 0.914. The molecule has 44 heavy (non-hydrogen) atoms. The van der Waals surface area contributed by atoms with Crippen molar-refractivity contribution in [1.29, 1.82) is 0 Å². The van der Waals surface area contributed by atoms with Gasteiger partial charge in [-0.1, -0.05) is 12.1 Å². The van der Waals surface area contributed by atoms with E-state index in [9.17, 15) is 50.8 Å². The molecule has 2 aliphatic rings. The predicted octanol–water partition coefficient (Wildman–Crippen LogP) is -1.02. The number of ether oxygens (including phenoxy) is 5. The van der Waals surface area contributed by atoms with E-state index in [0.29, 0.717) is 11.1 Å². The van der Waals surface area contributed by atoms with E-state index >= 15 is 0 Å². The van der Waals surface area contributed by atoms with Crippen molar-refractivity contribution < 1.29 is 74.4 Å². The summed E-state index contributed by atoms with van der Waals surface area (Å²) in [5, 5.41) is 90.5. The molecule has 0 spiro atoms. The Morgan fingerprint density at radius 3 is 2.16 bits per heavy atom. The third kappa shape index (κ3) is 7.76. The second-order valence-corrected chi connectivity index (χ2v) is 10.4. The molecule has 0 bridgehead atoms. The molecule has 2 saturated heterocycles. The quantitative estimate of drug-likeness (QED) is 0.0873. The van der Waals surface area contributed by atoms with Crippen LogP contribution in [0, 0.1) is 0 Å². The maximum absolute atomic E-state index is 12.8. The Labute approximate surface area is 251 Å². The van der Waals surface area contributed by atoms with E-state index in [1.165, 1.54) is 43.3 Å². The number of phenols is 4. The number of aliphatic hydroxyl groups is 5. The number of carbonyl (C=O) groups is 1. The molecule has 0 unspecified atom stereocenters. The summed E-state index contributed by atoms with van der Waals surface area (Å²) in [6.45, 7) is 0.606. The van der Waals surface area contributed by atoms with Crippen molar-refractivity contribution in [2.45, 2.75) is 74.8 Å². The summed E-state index contributed by atoms with van der Waals surface area (Å²) in [6, 6.07) is 7.98. The van der Waals surface area contributed by atoms with Gasteiger partial charge in [-0.15, -0.1) is 0 Å². The largest absolute Gasteiger partial charge is 0.504 e. The van der Waals surface area contributed by atoms with Crippen LogP contribution in [-0.2, 0) is 34.9 Å². The minimum Gasteiger partial charge on any atom is -0.504 e. The number of hydrogen-bond acceptors (Lipinski definition) is 15. The van der Waals surface area contributed by atoms with Gasteiger partial charge < -0.3 is 69.6 Å². The van der Waals surface area contributed by atoms with Gasteiger partial charge in [-0.25, -0.2) is 4.79 Å². The van der Waals surface area contributed by atoms with Crippen molar-refractivity contribution in [1.82, 2.24) is 0 Å². The van der Waals surface area contributed by atoms with Gasteiger partial charge in [0.2, 0.25) is 0 Å². The third-order valence-electron chi connectivity index (χ3n) is 7.27. The highest BCUT2D eigenvalue weighted by Gasteiger charge is 2.52. The second kappa shape index (κ2) is 14.5. The Balaban J connectivity index is 1.52. The number of benzene rings is 2. The number of rotatable bonds is 10. The SMILES string of the molecule is C[C@H]1O[C@H](O[C@@H]2[C@H](O)[C@H](OCCc3ccc(O)c(O)c3)O[C@H](CO)[C@@H]2OC(=O)/C=C\c2ccc(O)c(O)c2)[C@@H](O)[C@@H](O)[C@@H]1O. The molecule has 2 fully saturated rings. The average Bonchev–Trinajstić information content (AvgIpc) is 2.99. The van der Waals surface area contributed by atoms with Gasteiger partial charge >= 0.3 is 5.97 Å². The van der Waals surface area contributed by atoms with Crippen LogP contribution in [0.3, 0.4) is 0 Å². The van der Waals surface area contributed by atoms with Crippen LogP contribution >= 0.6 is 0 Å². The minimum absolute atomic E-state index is 0.0754. The van der Waals surface area contributed by atoms with Crippen molar-refractivity contribution in [3.8, 4) is 23.0 Å². The van der Waals surface area contributed by atoms with E-state index in [1.807, 2.05) is 0 Å². The normalized spacial score (nSPS) is 32.5. The zero-order chi connectivity index (χ0) is 32.1. The van der Waals surface area contributed by atoms with Gasteiger partial charge in [0.1, 0.15) is 36.6 Å². The number of hydrogen-bond donors (Lipinski definition) is 9. The molecule has 0 amide bonds. The molecule has 4 rings (SSSR count). The van der Waals surface area contributed by atoms with Crippen molar-refractivity contribution in [3.05, 3.63) is 53.6 Å². The summed E-state index contributed by atoms with van der Waals surface area (Å²) >= 11 is 0. The monoisotopic (exact) mass is 624 g/mol. The van der Waals surface area contributed by atoms with E-state index in [0.717, 1.165) is 6.08 Å². The highest BCUT2D eigenvalue weighted by molar-refractivity contribution is 5.87.